The molecule has 2 heterocycles. The van der Waals surface area contributed by atoms with Crippen molar-refractivity contribution in [2.75, 3.05) is 34.8 Å². The molecule has 0 radical (unpaired) electrons. The van der Waals surface area contributed by atoms with Crippen LogP contribution in [0.5, 0.6) is 0 Å². The summed E-state index contributed by atoms with van der Waals surface area (Å²) in [5.41, 5.74) is 0.439. The second-order valence-corrected chi connectivity index (χ2v) is 10.5. The minimum absolute atomic E-state index is 0.0601. The van der Waals surface area contributed by atoms with E-state index < -0.39 is 27.6 Å². The number of halogens is 3. The zero-order chi connectivity index (χ0) is 29.5. The summed E-state index contributed by atoms with van der Waals surface area (Å²) in [5, 5.41) is 10.5. The summed E-state index contributed by atoms with van der Waals surface area (Å²) >= 11 is 0. The van der Waals surface area contributed by atoms with Crippen molar-refractivity contribution in [3.8, 4) is 0 Å². The van der Waals surface area contributed by atoms with Gasteiger partial charge in [-0.15, -0.1) is 0 Å². The molecule has 0 saturated carbocycles. The van der Waals surface area contributed by atoms with Crippen LogP contribution >= 0.6 is 0 Å². The summed E-state index contributed by atoms with van der Waals surface area (Å²) in [6, 6.07) is 9.71. The van der Waals surface area contributed by atoms with E-state index in [0.29, 0.717) is 17.4 Å². The van der Waals surface area contributed by atoms with E-state index in [9.17, 15) is 31.2 Å². The van der Waals surface area contributed by atoms with Crippen LogP contribution in [0.1, 0.15) is 23.6 Å². The number of amides is 2. The first kappa shape index (κ1) is 30.1. The van der Waals surface area contributed by atoms with Gasteiger partial charge in [0, 0.05) is 50.7 Å². The third kappa shape index (κ3) is 8.52. The lowest BCUT2D eigenvalue weighted by atomic mass is 10.2. The second-order valence-electron chi connectivity index (χ2n) is 8.53. The van der Waals surface area contributed by atoms with Crippen molar-refractivity contribution in [1.29, 1.82) is 0 Å². The van der Waals surface area contributed by atoms with Gasteiger partial charge in [0.05, 0.1) is 12.8 Å². The van der Waals surface area contributed by atoms with E-state index in [0.717, 1.165) is 16.1 Å². The van der Waals surface area contributed by atoms with Gasteiger partial charge in [-0.3, -0.25) is 13.9 Å². The van der Waals surface area contributed by atoms with Crippen molar-refractivity contribution in [2.24, 2.45) is 0 Å². The highest BCUT2D eigenvalue weighted by atomic mass is 32.2. The molecule has 0 spiro atoms. The Hall–Kier alpha value is -4.47. The molecule has 0 aliphatic carbocycles. The normalized spacial score (nSPS) is 11.4. The molecule has 2 aromatic heterocycles. The molecule has 0 saturated heterocycles. The van der Waals surface area contributed by atoms with Crippen LogP contribution in [0.4, 0.5) is 36.4 Å². The summed E-state index contributed by atoms with van der Waals surface area (Å²) < 4.78 is 65.8. The molecule has 3 aromatic rings. The molecule has 2 amide bonds. The van der Waals surface area contributed by atoms with Gasteiger partial charge in [0.15, 0.2) is 0 Å². The van der Waals surface area contributed by atoms with Crippen LogP contribution < -0.4 is 25.6 Å². The predicted octanol–water partition coefficient (Wildman–Crippen LogP) is 2.39. The van der Waals surface area contributed by atoms with Crippen molar-refractivity contribution in [2.45, 2.75) is 26.2 Å². The molecule has 0 unspecified atom stereocenters. The van der Waals surface area contributed by atoms with Gasteiger partial charge in [-0.05, 0) is 23.8 Å². The van der Waals surface area contributed by atoms with Crippen molar-refractivity contribution in [3.05, 3.63) is 65.5 Å². The van der Waals surface area contributed by atoms with Gasteiger partial charge in [-0.2, -0.15) is 18.2 Å². The van der Waals surface area contributed by atoms with Gasteiger partial charge >= 0.3 is 6.18 Å². The van der Waals surface area contributed by atoms with Gasteiger partial charge in [0.25, 0.3) is 0 Å². The number of carbonyl (C=O) groups is 2. The van der Waals surface area contributed by atoms with E-state index in [-0.39, 0.29) is 43.2 Å². The lowest BCUT2D eigenvalue weighted by Crippen LogP contribution is -2.35. The standard InChI is InChI=1S/C24H27F3N8O4S/c1-15(36)29-14-20(37)30-11-16-6-8-18(9-7-16)33-23-32-13-19(24(25,26)27)21(34-23)31-12-17-5-4-10-28-22(17)35(2)40(3,38)39/h4-10,13H,11-12,14H2,1-3H3,(H,29,36)(H,30,37)(H2,31,32,33,34). The zero-order valence-electron chi connectivity index (χ0n) is 21.7. The van der Waals surface area contributed by atoms with Gasteiger partial charge in [0.2, 0.25) is 27.8 Å². The van der Waals surface area contributed by atoms with Crippen molar-refractivity contribution < 1.29 is 31.2 Å². The summed E-state index contributed by atoms with van der Waals surface area (Å²) in [5.74, 6) is -1.26. The molecule has 0 aliphatic heterocycles. The maximum Gasteiger partial charge on any atom is 0.421 e. The first-order chi connectivity index (χ1) is 18.7. The van der Waals surface area contributed by atoms with Crippen LogP contribution in [0.2, 0.25) is 0 Å². The number of anilines is 4. The van der Waals surface area contributed by atoms with Crippen LogP contribution in [-0.4, -0.2) is 55.0 Å². The number of nitrogens with zero attached hydrogens (tertiary/aromatic N) is 4. The predicted molar refractivity (Wildman–Crippen MR) is 142 cm³/mol. The number of aromatic nitrogens is 3. The van der Waals surface area contributed by atoms with Crippen LogP contribution in [0.15, 0.2) is 48.8 Å². The molecule has 12 nitrogen and oxygen atoms in total. The molecule has 0 bridgehead atoms. The largest absolute Gasteiger partial charge is 0.421 e. The third-order valence-corrected chi connectivity index (χ3v) is 6.57. The second kappa shape index (κ2) is 12.6. The Bertz CT molecular complexity index is 1470. The highest BCUT2D eigenvalue weighted by Gasteiger charge is 2.35. The SMILES string of the molecule is CC(=O)NCC(=O)NCc1ccc(Nc2ncc(C(F)(F)F)c(NCc3cccnc3N(C)S(C)(=O)=O)n2)cc1. The Labute approximate surface area is 228 Å². The quantitative estimate of drug-likeness (QED) is 0.267. The molecule has 1 aromatic carbocycles. The average Bonchev–Trinajstić information content (AvgIpc) is 2.89. The third-order valence-electron chi connectivity index (χ3n) is 5.40. The van der Waals surface area contributed by atoms with Gasteiger partial charge in [-0.25, -0.2) is 18.4 Å². The monoisotopic (exact) mass is 580 g/mol. The molecule has 214 valence electrons. The molecule has 16 heteroatoms. The van der Waals surface area contributed by atoms with Gasteiger partial charge < -0.3 is 21.3 Å². The maximum absolute atomic E-state index is 13.7. The number of nitrogens with one attached hydrogen (secondary N) is 4. The fourth-order valence-corrected chi connectivity index (χ4v) is 3.75. The fourth-order valence-electron chi connectivity index (χ4n) is 3.27. The summed E-state index contributed by atoms with van der Waals surface area (Å²) in [7, 11) is -2.37. The maximum atomic E-state index is 13.7. The van der Waals surface area contributed by atoms with Crippen LogP contribution in [0.3, 0.4) is 0 Å². The molecule has 4 N–H and O–H groups in total. The van der Waals surface area contributed by atoms with Crippen LogP contribution in [0, 0.1) is 0 Å². The molecular weight excluding hydrogens is 553 g/mol. The van der Waals surface area contributed by atoms with Gasteiger partial charge in [-0.1, -0.05) is 18.2 Å². The number of sulfonamides is 1. The number of alkyl halides is 3. The molecule has 0 atom stereocenters. The Morgan fingerprint density at radius 2 is 1.73 bits per heavy atom. The number of pyridine rings is 1. The summed E-state index contributed by atoms with van der Waals surface area (Å²) in [4.78, 5) is 34.4. The zero-order valence-corrected chi connectivity index (χ0v) is 22.5. The number of hydrogen-bond acceptors (Lipinski definition) is 9. The smallest absolute Gasteiger partial charge is 0.365 e. The highest BCUT2D eigenvalue weighted by molar-refractivity contribution is 7.92. The Morgan fingerprint density at radius 1 is 1.02 bits per heavy atom. The van der Waals surface area contributed by atoms with Gasteiger partial charge in [0.1, 0.15) is 17.2 Å². The lowest BCUT2D eigenvalue weighted by molar-refractivity contribution is -0.137. The van der Waals surface area contributed by atoms with E-state index in [1.165, 1.54) is 32.3 Å². The Morgan fingerprint density at radius 3 is 2.35 bits per heavy atom. The minimum Gasteiger partial charge on any atom is -0.365 e. The molecule has 40 heavy (non-hydrogen) atoms. The first-order valence-corrected chi connectivity index (χ1v) is 13.5. The average molecular weight is 581 g/mol. The van der Waals surface area contributed by atoms with Crippen molar-refractivity contribution in [3.63, 3.8) is 0 Å². The first-order valence-electron chi connectivity index (χ1n) is 11.7. The van der Waals surface area contributed by atoms with Crippen molar-refractivity contribution >= 4 is 45.1 Å². The highest BCUT2D eigenvalue weighted by Crippen LogP contribution is 2.34. The summed E-state index contributed by atoms with van der Waals surface area (Å²) in [6.07, 6.45) is -1.75. The Balaban J connectivity index is 1.74. The minimum atomic E-state index is -4.76. The molecule has 0 fully saturated rings. The number of hydrogen-bond donors (Lipinski definition) is 4. The van der Waals surface area contributed by atoms with E-state index in [1.54, 1.807) is 24.3 Å². The van der Waals surface area contributed by atoms with Crippen LogP contribution in [0.25, 0.3) is 0 Å². The Kier molecular flexibility index (Phi) is 9.47. The number of benzene rings is 1. The number of rotatable bonds is 11. The lowest BCUT2D eigenvalue weighted by Gasteiger charge is -2.20. The topological polar surface area (TPSA) is 158 Å². The fraction of sp³-hybridized carbons (Fsp3) is 0.292. The van der Waals surface area contributed by atoms with E-state index in [4.69, 9.17) is 0 Å². The van der Waals surface area contributed by atoms with E-state index >= 15 is 0 Å². The van der Waals surface area contributed by atoms with Crippen LogP contribution in [-0.2, 0) is 38.9 Å². The van der Waals surface area contributed by atoms with E-state index in [1.807, 2.05) is 0 Å². The van der Waals surface area contributed by atoms with Crippen molar-refractivity contribution in [1.82, 2.24) is 25.6 Å². The van der Waals surface area contributed by atoms with E-state index in [2.05, 4.69) is 36.2 Å². The molecule has 0 aliphatic rings. The molecule has 3 rings (SSSR count). The molecular formula is C24H27F3N8O4S. The number of carbonyl (C=O) groups excluding carboxylic acids is 2. The summed E-state index contributed by atoms with van der Waals surface area (Å²) in [6.45, 7) is 1.15.